The van der Waals surface area contributed by atoms with Crippen molar-refractivity contribution in [2.75, 3.05) is 24.7 Å². The Bertz CT molecular complexity index is 411. The Balaban J connectivity index is 2.07. The second kappa shape index (κ2) is 5.31. The maximum absolute atomic E-state index is 12.0. The summed E-state index contributed by atoms with van der Waals surface area (Å²) in [7, 11) is 1.60. The first kappa shape index (κ1) is 12.1. The van der Waals surface area contributed by atoms with Crippen molar-refractivity contribution in [2.24, 2.45) is 0 Å². The van der Waals surface area contributed by atoms with Crippen molar-refractivity contribution >= 4 is 23.5 Å². The number of ether oxygens (including phenoxy) is 1. The van der Waals surface area contributed by atoms with E-state index in [9.17, 15) is 4.79 Å². The molecule has 1 saturated heterocycles. The average molecular weight is 252 g/mol. The molecule has 1 heterocycles. The molecule has 0 aliphatic carbocycles. The number of carbonyl (C=O) groups excluding carboxylic acids is 1. The van der Waals surface area contributed by atoms with Crippen LogP contribution in [-0.2, 0) is 0 Å². The normalized spacial score (nSPS) is 19.2. The molecule has 0 saturated carbocycles. The highest BCUT2D eigenvalue weighted by atomic mass is 32.2. The lowest BCUT2D eigenvalue weighted by Crippen LogP contribution is -2.36. The van der Waals surface area contributed by atoms with Crippen LogP contribution in [0, 0.1) is 0 Å². The van der Waals surface area contributed by atoms with Gasteiger partial charge in [0.25, 0.3) is 0 Å². The Kier molecular flexibility index (Phi) is 3.78. The second-order valence-electron chi connectivity index (χ2n) is 3.79. The van der Waals surface area contributed by atoms with Gasteiger partial charge in [-0.2, -0.15) is 0 Å². The molecule has 0 bridgehead atoms. The first-order valence-electron chi connectivity index (χ1n) is 5.54. The molecule has 1 N–H and O–H groups in total. The van der Waals surface area contributed by atoms with Crippen LogP contribution in [0.1, 0.15) is 6.92 Å². The molecule has 1 aliphatic heterocycles. The molecule has 1 atom stereocenters. The molecule has 2 amide bonds. The van der Waals surface area contributed by atoms with Gasteiger partial charge in [0.15, 0.2) is 0 Å². The van der Waals surface area contributed by atoms with Crippen LogP contribution in [0.2, 0.25) is 0 Å². The Morgan fingerprint density at radius 2 is 2.29 bits per heavy atom. The minimum absolute atomic E-state index is 0.0630. The van der Waals surface area contributed by atoms with E-state index in [0.717, 1.165) is 12.3 Å². The number of para-hydroxylation sites is 2. The van der Waals surface area contributed by atoms with Gasteiger partial charge in [-0.05, 0) is 19.1 Å². The fraction of sp³-hybridized carbons (Fsp3) is 0.417. The topological polar surface area (TPSA) is 41.6 Å². The number of hydrogen-bond acceptors (Lipinski definition) is 3. The van der Waals surface area contributed by atoms with Crippen molar-refractivity contribution in [1.29, 1.82) is 0 Å². The molecule has 1 aromatic carbocycles. The van der Waals surface area contributed by atoms with Crippen molar-refractivity contribution < 1.29 is 9.53 Å². The van der Waals surface area contributed by atoms with E-state index in [1.54, 1.807) is 18.9 Å². The number of urea groups is 1. The number of thioether (sulfide) groups is 1. The lowest BCUT2D eigenvalue weighted by atomic mass is 10.3. The summed E-state index contributed by atoms with van der Waals surface area (Å²) in [5, 5.41) is 3.12. The largest absolute Gasteiger partial charge is 0.495 e. The number of benzene rings is 1. The van der Waals surface area contributed by atoms with Crippen LogP contribution >= 0.6 is 11.8 Å². The summed E-state index contributed by atoms with van der Waals surface area (Å²) in [5.41, 5.74) is 0.712. The van der Waals surface area contributed by atoms with Crippen molar-refractivity contribution in [3.63, 3.8) is 0 Å². The zero-order valence-electron chi connectivity index (χ0n) is 9.97. The third-order valence-corrected chi connectivity index (χ3v) is 3.89. The van der Waals surface area contributed by atoms with E-state index in [1.165, 1.54) is 0 Å². The lowest BCUT2D eigenvalue weighted by molar-refractivity contribution is 0.216. The van der Waals surface area contributed by atoms with Crippen LogP contribution in [0.3, 0.4) is 0 Å². The molecule has 1 aromatic rings. The molecule has 0 radical (unpaired) electrons. The molecule has 1 fully saturated rings. The highest BCUT2D eigenvalue weighted by molar-refractivity contribution is 8.00. The Labute approximate surface area is 105 Å². The minimum Gasteiger partial charge on any atom is -0.495 e. The summed E-state index contributed by atoms with van der Waals surface area (Å²) in [6.45, 7) is 2.84. The summed E-state index contributed by atoms with van der Waals surface area (Å²) < 4.78 is 5.20. The fourth-order valence-corrected chi connectivity index (χ4v) is 2.82. The molecule has 92 valence electrons. The van der Waals surface area contributed by atoms with Gasteiger partial charge in [0.1, 0.15) is 5.75 Å². The van der Waals surface area contributed by atoms with Gasteiger partial charge in [0.05, 0.1) is 18.2 Å². The number of anilines is 1. The molecule has 1 aliphatic rings. The highest BCUT2D eigenvalue weighted by Crippen LogP contribution is 2.26. The lowest BCUT2D eigenvalue weighted by Gasteiger charge is -2.21. The number of hydrogen-bond donors (Lipinski definition) is 1. The SMILES string of the molecule is COc1ccccc1NC(=O)N1CCSC1C. The van der Waals surface area contributed by atoms with E-state index in [-0.39, 0.29) is 11.4 Å². The van der Waals surface area contributed by atoms with Gasteiger partial charge in [0.2, 0.25) is 0 Å². The van der Waals surface area contributed by atoms with Gasteiger partial charge in [-0.15, -0.1) is 11.8 Å². The fourth-order valence-electron chi connectivity index (χ4n) is 1.79. The van der Waals surface area contributed by atoms with Gasteiger partial charge in [-0.3, -0.25) is 0 Å². The van der Waals surface area contributed by atoms with Gasteiger partial charge >= 0.3 is 6.03 Å². The van der Waals surface area contributed by atoms with Crippen LogP contribution in [-0.4, -0.2) is 35.7 Å². The summed E-state index contributed by atoms with van der Waals surface area (Å²) in [5.74, 6) is 1.68. The van der Waals surface area contributed by atoms with E-state index in [4.69, 9.17) is 4.74 Å². The van der Waals surface area contributed by atoms with Gasteiger partial charge in [0, 0.05) is 12.3 Å². The van der Waals surface area contributed by atoms with Crippen LogP contribution in [0.15, 0.2) is 24.3 Å². The van der Waals surface area contributed by atoms with Crippen molar-refractivity contribution in [1.82, 2.24) is 4.90 Å². The van der Waals surface area contributed by atoms with Crippen molar-refractivity contribution in [2.45, 2.75) is 12.3 Å². The maximum atomic E-state index is 12.0. The van der Waals surface area contributed by atoms with Crippen molar-refractivity contribution in [3.05, 3.63) is 24.3 Å². The molecule has 2 rings (SSSR count). The Hall–Kier alpha value is -1.36. The van der Waals surface area contributed by atoms with Crippen molar-refractivity contribution in [3.8, 4) is 5.75 Å². The summed E-state index contributed by atoms with van der Waals surface area (Å²) in [4.78, 5) is 13.9. The zero-order chi connectivity index (χ0) is 12.3. The van der Waals surface area contributed by atoms with E-state index in [2.05, 4.69) is 5.32 Å². The quantitative estimate of drug-likeness (QED) is 0.879. The smallest absolute Gasteiger partial charge is 0.322 e. The Morgan fingerprint density at radius 1 is 1.53 bits per heavy atom. The van der Waals surface area contributed by atoms with E-state index >= 15 is 0 Å². The van der Waals surface area contributed by atoms with E-state index in [0.29, 0.717) is 11.4 Å². The number of nitrogens with one attached hydrogen (secondary N) is 1. The molecule has 0 spiro atoms. The predicted octanol–water partition coefficient (Wildman–Crippen LogP) is 2.62. The van der Waals surface area contributed by atoms with Crippen LogP contribution in [0.5, 0.6) is 5.75 Å². The molecule has 1 unspecified atom stereocenters. The molecular formula is C12H16N2O2S. The molecule has 0 aromatic heterocycles. The first-order valence-corrected chi connectivity index (χ1v) is 6.59. The van der Waals surface area contributed by atoms with Gasteiger partial charge in [-0.25, -0.2) is 4.79 Å². The summed E-state index contributed by atoms with van der Waals surface area (Å²) in [6.07, 6.45) is 0. The second-order valence-corrected chi connectivity index (χ2v) is 5.22. The molecule has 4 nitrogen and oxygen atoms in total. The van der Waals surface area contributed by atoms with Gasteiger partial charge < -0.3 is 15.0 Å². The van der Waals surface area contributed by atoms with E-state index < -0.39 is 0 Å². The standard InChI is InChI=1S/C12H16N2O2S/c1-9-14(7-8-17-9)12(15)13-10-5-3-4-6-11(10)16-2/h3-6,9H,7-8H2,1-2H3,(H,13,15). The van der Waals surface area contributed by atoms with Gasteiger partial charge in [-0.1, -0.05) is 12.1 Å². The monoisotopic (exact) mass is 252 g/mol. The number of methoxy groups -OCH3 is 1. The number of amides is 2. The number of rotatable bonds is 2. The predicted molar refractivity (Wildman–Crippen MR) is 70.6 cm³/mol. The van der Waals surface area contributed by atoms with E-state index in [1.807, 2.05) is 36.1 Å². The number of nitrogens with zero attached hydrogens (tertiary/aromatic N) is 1. The molecule has 5 heteroatoms. The number of carbonyl (C=O) groups is 1. The first-order chi connectivity index (χ1) is 8.22. The highest BCUT2D eigenvalue weighted by Gasteiger charge is 2.25. The summed E-state index contributed by atoms with van der Waals surface area (Å²) >= 11 is 1.79. The van der Waals surface area contributed by atoms with Crippen LogP contribution in [0.25, 0.3) is 0 Å². The average Bonchev–Trinajstić information content (AvgIpc) is 2.76. The minimum atomic E-state index is -0.0630. The zero-order valence-corrected chi connectivity index (χ0v) is 10.8. The summed E-state index contributed by atoms with van der Waals surface area (Å²) in [6, 6.07) is 7.36. The third kappa shape index (κ3) is 2.66. The molecular weight excluding hydrogens is 236 g/mol. The molecule has 17 heavy (non-hydrogen) atoms. The maximum Gasteiger partial charge on any atom is 0.322 e. The Morgan fingerprint density at radius 3 is 2.94 bits per heavy atom. The third-order valence-electron chi connectivity index (χ3n) is 2.74. The van der Waals surface area contributed by atoms with Crippen LogP contribution in [0.4, 0.5) is 10.5 Å². The van der Waals surface area contributed by atoms with Crippen LogP contribution < -0.4 is 10.1 Å².